The molecule has 0 atom stereocenters. The molecule has 4 heteroatoms. The van der Waals surface area contributed by atoms with E-state index in [4.69, 9.17) is 0 Å². The van der Waals surface area contributed by atoms with Crippen LogP contribution in [0.4, 0.5) is 0 Å². The van der Waals surface area contributed by atoms with Crippen molar-refractivity contribution in [2.24, 2.45) is 7.05 Å². The molecule has 1 aromatic carbocycles. The number of aromatic nitrogens is 3. The van der Waals surface area contributed by atoms with Crippen LogP contribution in [0.15, 0.2) is 29.2 Å². The molecule has 0 bridgehead atoms. The van der Waals surface area contributed by atoms with Gasteiger partial charge in [-0.05, 0) is 18.6 Å². The maximum atomic E-state index is 12.0. The molecule has 0 saturated carbocycles. The van der Waals surface area contributed by atoms with E-state index in [9.17, 15) is 4.79 Å². The second-order valence-corrected chi connectivity index (χ2v) is 4.04. The molecule has 4 nitrogen and oxygen atoms in total. The number of nitrogens with one attached hydrogen (secondary N) is 1. The van der Waals surface area contributed by atoms with E-state index < -0.39 is 0 Å². The zero-order chi connectivity index (χ0) is 11.3. The van der Waals surface area contributed by atoms with Gasteiger partial charge in [-0.2, -0.15) is 5.10 Å². The Bertz CT molecular complexity index is 752. The maximum Gasteiger partial charge on any atom is 0.276 e. The Morgan fingerprint density at radius 2 is 2.12 bits per heavy atom. The number of fused-ring (bicyclic) bond motifs is 3. The molecule has 0 radical (unpaired) electrons. The van der Waals surface area contributed by atoms with Crippen molar-refractivity contribution in [3.63, 3.8) is 0 Å². The smallest absolute Gasteiger partial charge is 0.276 e. The van der Waals surface area contributed by atoms with Crippen molar-refractivity contribution >= 4 is 21.8 Å². The number of hydrogen-bond donors (Lipinski definition) is 1. The molecule has 0 amide bonds. The Morgan fingerprint density at radius 3 is 2.94 bits per heavy atom. The highest BCUT2D eigenvalue weighted by Gasteiger charge is 2.09. The topological polar surface area (TPSA) is 50.7 Å². The largest absolute Gasteiger partial charge is 0.309 e. The third kappa shape index (κ3) is 1.04. The maximum absolute atomic E-state index is 12.0. The van der Waals surface area contributed by atoms with Crippen LogP contribution in [-0.2, 0) is 7.05 Å². The lowest BCUT2D eigenvalue weighted by molar-refractivity contribution is 0.911. The van der Waals surface area contributed by atoms with Crippen LogP contribution in [0.5, 0.6) is 0 Å². The molecule has 0 aliphatic rings. The number of hydrogen-bond acceptors (Lipinski definition) is 2. The predicted molar refractivity (Wildman–Crippen MR) is 63.6 cm³/mol. The van der Waals surface area contributed by atoms with Crippen LogP contribution < -0.4 is 5.56 Å². The molecule has 80 valence electrons. The quantitative estimate of drug-likeness (QED) is 0.618. The van der Waals surface area contributed by atoms with Crippen LogP contribution in [0, 0.1) is 6.92 Å². The first-order valence-electron chi connectivity index (χ1n) is 5.11. The van der Waals surface area contributed by atoms with Crippen molar-refractivity contribution in [1.82, 2.24) is 14.8 Å². The number of nitrogens with zero attached hydrogens (tertiary/aromatic N) is 2. The summed E-state index contributed by atoms with van der Waals surface area (Å²) in [5.74, 6) is 0. The third-order valence-electron chi connectivity index (χ3n) is 2.96. The molecule has 2 heterocycles. The van der Waals surface area contributed by atoms with E-state index in [1.807, 2.05) is 25.1 Å². The molecule has 1 N–H and O–H groups in total. The molecule has 0 fully saturated rings. The normalized spacial score (nSPS) is 11.4. The van der Waals surface area contributed by atoms with Crippen LogP contribution in [0.25, 0.3) is 21.8 Å². The summed E-state index contributed by atoms with van der Waals surface area (Å²) in [4.78, 5) is 12.0. The van der Waals surface area contributed by atoms with Gasteiger partial charge in [-0.3, -0.25) is 9.89 Å². The Hall–Kier alpha value is -2.10. The van der Waals surface area contributed by atoms with Gasteiger partial charge in [0.05, 0.1) is 11.7 Å². The van der Waals surface area contributed by atoms with Crippen molar-refractivity contribution in [2.75, 3.05) is 0 Å². The van der Waals surface area contributed by atoms with Crippen molar-refractivity contribution in [1.29, 1.82) is 0 Å². The summed E-state index contributed by atoms with van der Waals surface area (Å²) in [5.41, 5.74) is 2.62. The van der Waals surface area contributed by atoms with Crippen molar-refractivity contribution in [3.8, 4) is 0 Å². The summed E-state index contributed by atoms with van der Waals surface area (Å²) in [6.45, 7) is 2.02. The van der Waals surface area contributed by atoms with Crippen LogP contribution in [0.1, 0.15) is 5.56 Å². The number of rotatable bonds is 0. The minimum Gasteiger partial charge on any atom is -0.309 e. The third-order valence-corrected chi connectivity index (χ3v) is 2.96. The molecule has 3 aromatic rings. The van der Waals surface area contributed by atoms with Crippen LogP contribution in [0.3, 0.4) is 0 Å². The highest BCUT2D eigenvalue weighted by molar-refractivity contribution is 6.04. The molecule has 0 aliphatic heterocycles. The van der Waals surface area contributed by atoms with Crippen molar-refractivity contribution in [2.45, 2.75) is 6.92 Å². The molecule has 0 spiro atoms. The van der Waals surface area contributed by atoms with Gasteiger partial charge in [0.2, 0.25) is 0 Å². The molecule has 2 aromatic heterocycles. The monoisotopic (exact) mass is 213 g/mol. The second kappa shape index (κ2) is 2.95. The van der Waals surface area contributed by atoms with Gasteiger partial charge in [0.1, 0.15) is 5.52 Å². The molecule has 0 saturated heterocycles. The van der Waals surface area contributed by atoms with Gasteiger partial charge in [0.25, 0.3) is 5.56 Å². The van der Waals surface area contributed by atoms with Crippen molar-refractivity contribution < 1.29 is 0 Å². The van der Waals surface area contributed by atoms with E-state index >= 15 is 0 Å². The number of pyridine rings is 1. The Kier molecular flexibility index (Phi) is 1.68. The summed E-state index contributed by atoms with van der Waals surface area (Å²) in [5, 5.41) is 8.63. The van der Waals surface area contributed by atoms with Gasteiger partial charge >= 0.3 is 0 Å². The van der Waals surface area contributed by atoms with E-state index in [-0.39, 0.29) is 5.56 Å². The fourth-order valence-electron chi connectivity index (χ4n) is 2.08. The first-order valence-corrected chi connectivity index (χ1v) is 5.11. The minimum atomic E-state index is -0.0365. The lowest BCUT2D eigenvalue weighted by atomic mass is 10.1. The molecule has 0 unspecified atom stereocenters. The van der Waals surface area contributed by atoms with E-state index in [0.717, 1.165) is 21.9 Å². The fourth-order valence-corrected chi connectivity index (χ4v) is 2.08. The average Bonchev–Trinajstić information content (AvgIpc) is 2.75. The van der Waals surface area contributed by atoms with E-state index in [1.54, 1.807) is 17.8 Å². The Balaban J connectivity index is 2.71. The fraction of sp³-hybridized carbons (Fsp3) is 0.167. The summed E-state index contributed by atoms with van der Waals surface area (Å²) in [6.07, 6.45) is 1.70. The molecular weight excluding hydrogens is 202 g/mol. The van der Waals surface area contributed by atoms with E-state index in [2.05, 4.69) is 10.2 Å². The molecule has 3 rings (SSSR count). The zero-order valence-corrected chi connectivity index (χ0v) is 9.11. The lowest BCUT2D eigenvalue weighted by Gasteiger charge is -2.06. The summed E-state index contributed by atoms with van der Waals surface area (Å²) < 4.78 is 1.66. The first kappa shape index (κ1) is 9.15. The highest BCUT2D eigenvalue weighted by Crippen LogP contribution is 2.21. The first-order chi connectivity index (χ1) is 7.68. The van der Waals surface area contributed by atoms with Gasteiger partial charge in [-0.25, -0.2) is 0 Å². The Morgan fingerprint density at radius 1 is 1.31 bits per heavy atom. The number of H-pyrrole nitrogens is 1. The SMILES string of the molecule is Cc1ccc2c3cn[nH]c3c(=O)n(C)c2c1. The second-order valence-electron chi connectivity index (χ2n) is 4.04. The number of aromatic amines is 1. The average molecular weight is 213 g/mol. The predicted octanol–water partition coefficient (Wildman–Crippen LogP) is 1.72. The highest BCUT2D eigenvalue weighted by atomic mass is 16.1. The van der Waals surface area contributed by atoms with E-state index in [0.29, 0.717) is 5.52 Å². The van der Waals surface area contributed by atoms with Crippen LogP contribution >= 0.6 is 0 Å². The standard InChI is InChI=1S/C12H11N3O/c1-7-3-4-8-9-6-13-14-11(9)12(16)15(2)10(8)5-7/h3-6H,1-2H3,(H,13,14). The summed E-state index contributed by atoms with van der Waals surface area (Å²) >= 11 is 0. The summed E-state index contributed by atoms with van der Waals surface area (Å²) in [7, 11) is 1.78. The zero-order valence-electron chi connectivity index (χ0n) is 9.11. The summed E-state index contributed by atoms with van der Waals surface area (Å²) in [6, 6.07) is 6.09. The molecular formula is C12H11N3O. The van der Waals surface area contributed by atoms with Gasteiger partial charge in [0, 0.05) is 17.8 Å². The van der Waals surface area contributed by atoms with Crippen LogP contribution in [0.2, 0.25) is 0 Å². The van der Waals surface area contributed by atoms with Crippen LogP contribution in [-0.4, -0.2) is 14.8 Å². The molecule has 16 heavy (non-hydrogen) atoms. The van der Waals surface area contributed by atoms with Gasteiger partial charge in [-0.1, -0.05) is 12.1 Å². The lowest BCUT2D eigenvalue weighted by Crippen LogP contribution is -2.17. The van der Waals surface area contributed by atoms with Crippen molar-refractivity contribution in [3.05, 3.63) is 40.3 Å². The van der Waals surface area contributed by atoms with Gasteiger partial charge in [0.15, 0.2) is 0 Å². The minimum absolute atomic E-state index is 0.0365. The van der Waals surface area contributed by atoms with Gasteiger partial charge < -0.3 is 4.57 Å². The van der Waals surface area contributed by atoms with Gasteiger partial charge in [-0.15, -0.1) is 0 Å². The van der Waals surface area contributed by atoms with E-state index in [1.165, 1.54) is 0 Å². The number of aryl methyl sites for hydroxylation is 2. The molecule has 0 aliphatic carbocycles. The Labute approximate surface area is 91.5 Å². The number of benzene rings is 1.